The van der Waals surface area contributed by atoms with Crippen LogP contribution in [0, 0.1) is 12.3 Å². The molecule has 1 aromatic heterocycles. The first kappa shape index (κ1) is 27.0. The van der Waals surface area contributed by atoms with Crippen LogP contribution < -0.4 is 10.6 Å². The molecule has 2 unspecified atom stereocenters. The molecule has 0 bridgehead atoms. The van der Waals surface area contributed by atoms with E-state index in [2.05, 4.69) is 20.9 Å². The molecule has 0 spiro atoms. The van der Waals surface area contributed by atoms with Crippen LogP contribution in [0.25, 0.3) is 11.3 Å². The van der Waals surface area contributed by atoms with Crippen molar-refractivity contribution in [2.75, 3.05) is 18.9 Å². The first-order chi connectivity index (χ1) is 18.0. The number of amides is 3. The van der Waals surface area contributed by atoms with Crippen LogP contribution in [0.1, 0.15) is 49.2 Å². The van der Waals surface area contributed by atoms with Gasteiger partial charge in [0.2, 0.25) is 11.8 Å². The summed E-state index contributed by atoms with van der Waals surface area (Å²) in [6.45, 7) is 7.67. The maximum absolute atomic E-state index is 13.8. The number of likely N-dealkylation sites (N-methyl/N-ethyl adjacent to an activating group) is 1. The van der Waals surface area contributed by atoms with Gasteiger partial charge in [0.1, 0.15) is 17.8 Å². The fourth-order valence-corrected chi connectivity index (χ4v) is 4.79. The zero-order chi connectivity index (χ0) is 27.6. The number of rotatable bonds is 6. The number of aryl methyl sites for hydroxylation is 1. The van der Waals surface area contributed by atoms with E-state index < -0.39 is 23.6 Å². The Morgan fingerprint density at radius 2 is 1.82 bits per heavy atom. The smallest absolute Gasteiger partial charge is 0.255 e. The molecule has 3 atom stereocenters. The lowest BCUT2D eigenvalue weighted by Crippen LogP contribution is -2.49. The van der Waals surface area contributed by atoms with Gasteiger partial charge in [-0.15, -0.1) is 5.10 Å². The summed E-state index contributed by atoms with van der Waals surface area (Å²) in [6, 6.07) is 13.2. The molecule has 0 radical (unpaired) electrons. The van der Waals surface area contributed by atoms with Gasteiger partial charge >= 0.3 is 0 Å². The van der Waals surface area contributed by atoms with E-state index in [9.17, 15) is 19.5 Å². The molecule has 1 fully saturated rings. The molecular weight excluding hydrogens is 484 g/mol. The van der Waals surface area contributed by atoms with Crippen LogP contribution in [0.15, 0.2) is 54.7 Å². The third-order valence-corrected chi connectivity index (χ3v) is 6.75. The first-order valence-electron chi connectivity index (χ1n) is 12.6. The van der Waals surface area contributed by atoms with E-state index in [0.717, 1.165) is 5.56 Å². The van der Waals surface area contributed by atoms with Crippen molar-refractivity contribution in [3.8, 4) is 11.3 Å². The summed E-state index contributed by atoms with van der Waals surface area (Å²) in [7, 11) is 1.51. The molecule has 1 saturated heterocycles. The molecule has 38 heavy (non-hydrogen) atoms. The van der Waals surface area contributed by atoms with Crippen LogP contribution >= 0.6 is 0 Å². The van der Waals surface area contributed by atoms with Crippen LogP contribution in [0.2, 0.25) is 0 Å². The van der Waals surface area contributed by atoms with Crippen LogP contribution in [-0.2, 0) is 9.59 Å². The number of aliphatic hydroxyl groups is 1. The Morgan fingerprint density at radius 3 is 2.47 bits per heavy atom. The Morgan fingerprint density at radius 1 is 1.11 bits per heavy atom. The number of carbonyl (C=O) groups is 3. The molecule has 4 rings (SSSR count). The Hall–Kier alpha value is -4.05. The number of carbonyl (C=O) groups excluding carboxylic acids is 3. The molecule has 10 heteroatoms. The van der Waals surface area contributed by atoms with Crippen LogP contribution in [0.3, 0.4) is 0 Å². The monoisotopic (exact) mass is 518 g/mol. The van der Waals surface area contributed by atoms with Crippen LogP contribution in [-0.4, -0.2) is 68.5 Å². The van der Waals surface area contributed by atoms with Gasteiger partial charge in [-0.05, 0) is 36.1 Å². The van der Waals surface area contributed by atoms with Crippen molar-refractivity contribution in [2.24, 2.45) is 5.41 Å². The SMILES string of the molecule is CNC(=O)C1CC(O)CN1C(=O)[C@@H](n1cc(-c2ccc(C)c(C(=O)Nc3ccccc3)c2)nn1)C(C)(C)C. The molecule has 3 N–H and O–H groups in total. The van der Waals surface area contributed by atoms with Crippen molar-refractivity contribution < 1.29 is 19.5 Å². The minimum Gasteiger partial charge on any atom is -0.391 e. The van der Waals surface area contributed by atoms with Gasteiger partial charge in [0, 0.05) is 36.8 Å². The van der Waals surface area contributed by atoms with Gasteiger partial charge in [0.25, 0.3) is 5.91 Å². The number of aromatic nitrogens is 3. The largest absolute Gasteiger partial charge is 0.391 e. The third kappa shape index (κ3) is 5.60. The highest BCUT2D eigenvalue weighted by Gasteiger charge is 2.45. The fourth-order valence-electron chi connectivity index (χ4n) is 4.79. The summed E-state index contributed by atoms with van der Waals surface area (Å²) < 4.78 is 1.51. The predicted molar refractivity (Wildman–Crippen MR) is 143 cm³/mol. The lowest BCUT2D eigenvalue weighted by molar-refractivity contribution is -0.144. The number of para-hydroxylation sites is 1. The highest BCUT2D eigenvalue weighted by atomic mass is 16.3. The van der Waals surface area contributed by atoms with Crippen molar-refractivity contribution >= 4 is 23.4 Å². The first-order valence-corrected chi connectivity index (χ1v) is 12.6. The van der Waals surface area contributed by atoms with Crippen molar-refractivity contribution in [3.05, 3.63) is 65.9 Å². The van der Waals surface area contributed by atoms with Crippen molar-refractivity contribution in [1.29, 1.82) is 0 Å². The Balaban J connectivity index is 1.63. The van der Waals surface area contributed by atoms with Gasteiger partial charge in [-0.3, -0.25) is 14.4 Å². The number of hydrogen-bond donors (Lipinski definition) is 3. The average Bonchev–Trinajstić information content (AvgIpc) is 3.50. The van der Waals surface area contributed by atoms with E-state index in [1.165, 1.54) is 16.6 Å². The molecule has 0 saturated carbocycles. The second kappa shape index (κ2) is 10.7. The summed E-state index contributed by atoms with van der Waals surface area (Å²) in [5.74, 6) is -0.868. The highest BCUT2D eigenvalue weighted by molar-refractivity contribution is 6.06. The second-order valence-electron chi connectivity index (χ2n) is 10.7. The average molecular weight is 519 g/mol. The van der Waals surface area contributed by atoms with E-state index in [4.69, 9.17) is 0 Å². The van der Waals surface area contributed by atoms with Gasteiger partial charge in [0.15, 0.2) is 0 Å². The Labute approximate surface area is 222 Å². The summed E-state index contributed by atoms with van der Waals surface area (Å²) in [5.41, 5.74) is 2.62. The van der Waals surface area contributed by atoms with Gasteiger partial charge in [-0.1, -0.05) is 56.3 Å². The zero-order valence-corrected chi connectivity index (χ0v) is 22.3. The molecule has 2 aromatic carbocycles. The summed E-state index contributed by atoms with van der Waals surface area (Å²) in [6.07, 6.45) is 1.09. The number of anilines is 1. The normalized spacial score (nSPS) is 18.2. The van der Waals surface area contributed by atoms with Crippen molar-refractivity contribution in [2.45, 2.75) is 52.3 Å². The Bertz CT molecular complexity index is 1330. The van der Waals surface area contributed by atoms with Crippen molar-refractivity contribution in [3.63, 3.8) is 0 Å². The lowest BCUT2D eigenvalue weighted by atomic mass is 9.85. The van der Waals surface area contributed by atoms with E-state index in [1.807, 2.05) is 70.2 Å². The molecule has 1 aliphatic rings. The summed E-state index contributed by atoms with van der Waals surface area (Å²) in [5, 5.41) is 24.3. The van der Waals surface area contributed by atoms with E-state index in [0.29, 0.717) is 22.5 Å². The Kier molecular flexibility index (Phi) is 7.63. The standard InChI is InChI=1S/C28H34N6O4/c1-17-11-12-18(13-21(17)25(36)30-19-9-7-6-8-10-19)22-16-34(32-31-22)24(28(2,3)4)27(38)33-15-20(35)14-23(33)26(37)29-5/h6-13,16,20,23-24,35H,14-15H2,1-5H3,(H,29,37)(H,30,36)/t20?,23?,24-/m1/s1. The number of benzene rings is 2. The van der Waals surface area contributed by atoms with E-state index in [-0.39, 0.29) is 30.7 Å². The maximum atomic E-state index is 13.8. The zero-order valence-electron chi connectivity index (χ0n) is 22.3. The molecular formula is C28H34N6O4. The molecule has 200 valence electrons. The van der Waals surface area contributed by atoms with Gasteiger partial charge < -0.3 is 20.6 Å². The lowest BCUT2D eigenvalue weighted by Gasteiger charge is -2.34. The second-order valence-corrected chi connectivity index (χ2v) is 10.7. The van der Waals surface area contributed by atoms with E-state index in [1.54, 1.807) is 12.3 Å². The topological polar surface area (TPSA) is 129 Å². The van der Waals surface area contributed by atoms with Gasteiger partial charge in [0.05, 0.1) is 12.3 Å². The molecule has 0 aliphatic carbocycles. The predicted octanol–water partition coefficient (Wildman–Crippen LogP) is 2.80. The van der Waals surface area contributed by atoms with Gasteiger partial charge in [-0.25, -0.2) is 4.68 Å². The van der Waals surface area contributed by atoms with Crippen LogP contribution in [0.5, 0.6) is 0 Å². The third-order valence-electron chi connectivity index (χ3n) is 6.75. The quantitative estimate of drug-likeness (QED) is 0.460. The number of β-amino-alcohol motifs (C(OH)–C–C–N with tert-alkyl or cyclic N) is 1. The number of nitrogens with zero attached hydrogens (tertiary/aromatic N) is 4. The number of aliphatic hydroxyl groups excluding tert-OH is 1. The highest BCUT2D eigenvalue weighted by Crippen LogP contribution is 2.35. The minimum atomic E-state index is -0.777. The number of likely N-dealkylation sites (tertiary alicyclic amines) is 1. The molecule has 1 aliphatic heterocycles. The fraction of sp³-hybridized carbons (Fsp3) is 0.393. The molecule has 3 aromatic rings. The minimum absolute atomic E-state index is 0.0723. The number of hydrogen-bond acceptors (Lipinski definition) is 6. The maximum Gasteiger partial charge on any atom is 0.255 e. The molecule has 3 amide bonds. The summed E-state index contributed by atoms with van der Waals surface area (Å²) >= 11 is 0. The summed E-state index contributed by atoms with van der Waals surface area (Å²) in [4.78, 5) is 40.6. The molecule has 2 heterocycles. The van der Waals surface area contributed by atoms with Crippen molar-refractivity contribution in [1.82, 2.24) is 25.2 Å². The number of nitrogens with one attached hydrogen (secondary N) is 2. The molecule has 10 nitrogen and oxygen atoms in total. The van der Waals surface area contributed by atoms with Crippen LogP contribution in [0.4, 0.5) is 5.69 Å². The van der Waals surface area contributed by atoms with E-state index >= 15 is 0 Å². The van der Waals surface area contributed by atoms with Gasteiger partial charge in [-0.2, -0.15) is 0 Å².